The first-order valence-corrected chi connectivity index (χ1v) is 7.39. The minimum atomic E-state index is -0.281. The van der Waals surface area contributed by atoms with Gasteiger partial charge >= 0.3 is 0 Å². The molecule has 0 spiro atoms. The maximum atomic E-state index is 12.1. The number of rotatable bonds is 4. The molecule has 0 radical (unpaired) electrons. The molecule has 0 saturated heterocycles. The highest BCUT2D eigenvalue weighted by atomic mass is 35.5. The zero-order valence-electron chi connectivity index (χ0n) is 12.2. The molecule has 0 atom stereocenters. The number of hydrogen-bond donors (Lipinski definition) is 1. The van der Waals surface area contributed by atoms with Crippen LogP contribution in [0.15, 0.2) is 42.7 Å². The fourth-order valence-corrected chi connectivity index (χ4v) is 2.42. The number of nitrogens with zero attached hydrogens (tertiary/aromatic N) is 2. The molecule has 2 amide bonds. The molecular weight excluding hydrogens is 318 g/mol. The number of ether oxygens (including phenoxy) is 1. The lowest BCUT2D eigenvalue weighted by Crippen LogP contribution is -2.45. The van der Waals surface area contributed by atoms with Gasteiger partial charge in [-0.25, -0.2) is 0 Å². The number of halogens is 1. The Morgan fingerprint density at radius 1 is 1.39 bits per heavy atom. The number of hydrogen-bond acceptors (Lipinski definition) is 4. The van der Waals surface area contributed by atoms with Crippen molar-refractivity contribution in [3.8, 4) is 5.75 Å². The summed E-state index contributed by atoms with van der Waals surface area (Å²) >= 11 is 5.97. The van der Waals surface area contributed by atoms with E-state index >= 15 is 0 Å². The molecule has 1 aliphatic heterocycles. The van der Waals surface area contributed by atoms with Gasteiger partial charge in [0.2, 0.25) is 5.91 Å². The Morgan fingerprint density at radius 2 is 2.26 bits per heavy atom. The van der Waals surface area contributed by atoms with Crippen molar-refractivity contribution >= 4 is 29.1 Å². The van der Waals surface area contributed by atoms with E-state index in [1.54, 1.807) is 36.7 Å². The Hall–Kier alpha value is -2.60. The summed E-state index contributed by atoms with van der Waals surface area (Å²) in [5, 5.41) is 3.24. The van der Waals surface area contributed by atoms with Crippen molar-refractivity contribution in [1.82, 2.24) is 10.3 Å². The zero-order valence-corrected chi connectivity index (χ0v) is 12.9. The standard InChI is InChI=1S/C16H14ClN3O3/c17-12-3-4-14-13(6-12)20(16(22)10-23-14)9-15(21)19-8-11-2-1-5-18-7-11/h1-7H,8-10H2,(H,19,21). The largest absolute Gasteiger partial charge is 0.482 e. The highest BCUT2D eigenvalue weighted by Crippen LogP contribution is 2.34. The number of fused-ring (bicyclic) bond motifs is 1. The third kappa shape index (κ3) is 3.60. The van der Waals surface area contributed by atoms with Gasteiger partial charge in [-0.3, -0.25) is 19.5 Å². The molecule has 23 heavy (non-hydrogen) atoms. The van der Waals surface area contributed by atoms with Crippen LogP contribution in [-0.4, -0.2) is 29.9 Å². The monoisotopic (exact) mass is 331 g/mol. The van der Waals surface area contributed by atoms with Crippen molar-refractivity contribution in [2.45, 2.75) is 6.54 Å². The fourth-order valence-electron chi connectivity index (χ4n) is 2.25. The summed E-state index contributed by atoms with van der Waals surface area (Å²) in [6, 6.07) is 8.64. The van der Waals surface area contributed by atoms with Gasteiger partial charge in [0, 0.05) is 24.0 Å². The van der Waals surface area contributed by atoms with Gasteiger partial charge in [0.15, 0.2) is 6.61 Å². The molecule has 0 unspecified atom stereocenters. The number of carbonyl (C=O) groups is 2. The van der Waals surface area contributed by atoms with Gasteiger partial charge in [0.1, 0.15) is 12.3 Å². The van der Waals surface area contributed by atoms with E-state index in [9.17, 15) is 9.59 Å². The van der Waals surface area contributed by atoms with E-state index in [1.807, 2.05) is 6.07 Å². The summed E-state index contributed by atoms with van der Waals surface area (Å²) < 4.78 is 5.34. The molecule has 1 N–H and O–H groups in total. The van der Waals surface area contributed by atoms with Crippen LogP contribution >= 0.6 is 11.6 Å². The topological polar surface area (TPSA) is 71.5 Å². The zero-order chi connectivity index (χ0) is 16.2. The molecule has 1 aromatic heterocycles. The number of nitrogens with one attached hydrogen (secondary N) is 1. The van der Waals surface area contributed by atoms with E-state index < -0.39 is 0 Å². The molecule has 6 nitrogen and oxygen atoms in total. The van der Waals surface area contributed by atoms with Gasteiger partial charge < -0.3 is 10.1 Å². The summed E-state index contributed by atoms with van der Waals surface area (Å²) in [6.07, 6.45) is 3.34. The van der Waals surface area contributed by atoms with Crippen molar-refractivity contribution in [2.24, 2.45) is 0 Å². The minimum absolute atomic E-state index is 0.0875. The quantitative estimate of drug-likeness (QED) is 0.927. The van der Waals surface area contributed by atoms with E-state index in [4.69, 9.17) is 16.3 Å². The smallest absolute Gasteiger partial charge is 0.265 e. The normalized spacial score (nSPS) is 13.3. The Balaban J connectivity index is 1.68. The van der Waals surface area contributed by atoms with Crippen molar-refractivity contribution < 1.29 is 14.3 Å². The number of amides is 2. The van der Waals surface area contributed by atoms with Crippen LogP contribution < -0.4 is 15.0 Å². The van der Waals surface area contributed by atoms with Gasteiger partial charge in [0.05, 0.1) is 5.69 Å². The van der Waals surface area contributed by atoms with Gasteiger partial charge in [-0.2, -0.15) is 0 Å². The molecular formula is C16H14ClN3O3. The lowest BCUT2D eigenvalue weighted by molar-refractivity contribution is -0.125. The van der Waals surface area contributed by atoms with Crippen LogP contribution in [0.5, 0.6) is 5.75 Å². The molecule has 2 aromatic rings. The first-order chi connectivity index (χ1) is 11.1. The summed E-state index contributed by atoms with van der Waals surface area (Å²) in [7, 11) is 0. The van der Waals surface area contributed by atoms with Gasteiger partial charge in [-0.15, -0.1) is 0 Å². The maximum absolute atomic E-state index is 12.1. The second kappa shape index (κ2) is 6.66. The molecule has 2 heterocycles. The van der Waals surface area contributed by atoms with Crippen molar-refractivity contribution in [3.63, 3.8) is 0 Å². The third-order valence-corrected chi connectivity index (χ3v) is 3.61. The van der Waals surface area contributed by atoms with E-state index in [1.165, 1.54) is 4.90 Å². The van der Waals surface area contributed by atoms with Crippen LogP contribution in [0.4, 0.5) is 5.69 Å². The van der Waals surface area contributed by atoms with Crippen LogP contribution in [0.2, 0.25) is 5.02 Å². The average Bonchev–Trinajstić information content (AvgIpc) is 2.57. The number of benzene rings is 1. The Kier molecular flexibility index (Phi) is 4.43. The molecule has 1 aliphatic rings. The van der Waals surface area contributed by atoms with E-state index in [2.05, 4.69) is 10.3 Å². The second-order valence-electron chi connectivity index (χ2n) is 5.02. The van der Waals surface area contributed by atoms with Crippen LogP contribution in [-0.2, 0) is 16.1 Å². The van der Waals surface area contributed by atoms with Crippen molar-refractivity contribution in [1.29, 1.82) is 0 Å². The van der Waals surface area contributed by atoms with Crippen molar-refractivity contribution in [2.75, 3.05) is 18.1 Å². The summed E-state index contributed by atoms with van der Waals surface area (Å²) in [5.74, 6) is -0.0135. The number of anilines is 1. The molecule has 0 aliphatic carbocycles. The predicted molar refractivity (Wildman–Crippen MR) is 85.4 cm³/mol. The van der Waals surface area contributed by atoms with Crippen molar-refractivity contribution in [3.05, 3.63) is 53.3 Å². The van der Waals surface area contributed by atoms with E-state index in [0.717, 1.165) is 5.56 Å². The highest BCUT2D eigenvalue weighted by molar-refractivity contribution is 6.31. The first kappa shape index (κ1) is 15.3. The minimum Gasteiger partial charge on any atom is -0.482 e. The molecule has 0 bridgehead atoms. The Labute approximate surface area is 138 Å². The maximum Gasteiger partial charge on any atom is 0.265 e. The summed E-state index contributed by atoms with van der Waals surface area (Å²) in [5.41, 5.74) is 1.39. The predicted octanol–water partition coefficient (Wildman–Crippen LogP) is 1.78. The van der Waals surface area contributed by atoms with Crippen LogP contribution in [0, 0.1) is 0 Å². The third-order valence-electron chi connectivity index (χ3n) is 3.38. The average molecular weight is 332 g/mol. The number of aromatic nitrogens is 1. The number of pyridine rings is 1. The fraction of sp³-hybridized carbons (Fsp3) is 0.188. The molecule has 118 valence electrons. The van der Waals surface area contributed by atoms with Gasteiger partial charge in [-0.1, -0.05) is 17.7 Å². The number of carbonyl (C=O) groups excluding carboxylic acids is 2. The van der Waals surface area contributed by atoms with E-state index in [-0.39, 0.29) is 25.0 Å². The van der Waals surface area contributed by atoms with Crippen LogP contribution in [0.25, 0.3) is 0 Å². The highest BCUT2D eigenvalue weighted by Gasteiger charge is 2.27. The van der Waals surface area contributed by atoms with E-state index in [0.29, 0.717) is 23.0 Å². The second-order valence-corrected chi connectivity index (χ2v) is 5.46. The van der Waals surface area contributed by atoms with Gasteiger partial charge in [-0.05, 0) is 29.8 Å². The SMILES string of the molecule is O=C(CN1C(=O)COc2ccc(Cl)cc21)NCc1cccnc1. The summed E-state index contributed by atoms with van der Waals surface area (Å²) in [6.45, 7) is 0.175. The Bertz CT molecular complexity index is 737. The summed E-state index contributed by atoms with van der Waals surface area (Å²) in [4.78, 5) is 29.5. The molecule has 3 rings (SSSR count). The molecule has 7 heteroatoms. The Morgan fingerprint density at radius 3 is 3.04 bits per heavy atom. The lowest BCUT2D eigenvalue weighted by Gasteiger charge is -2.29. The molecule has 0 fully saturated rings. The van der Waals surface area contributed by atoms with Gasteiger partial charge in [0.25, 0.3) is 5.91 Å². The molecule has 1 aromatic carbocycles. The first-order valence-electron chi connectivity index (χ1n) is 7.02. The van der Waals surface area contributed by atoms with Crippen LogP contribution in [0.3, 0.4) is 0 Å². The lowest BCUT2D eigenvalue weighted by atomic mass is 10.2. The van der Waals surface area contributed by atoms with Crippen LogP contribution in [0.1, 0.15) is 5.56 Å². The molecule has 0 saturated carbocycles.